The van der Waals surface area contributed by atoms with Gasteiger partial charge >= 0.3 is 5.97 Å². The molecule has 0 aliphatic heterocycles. The minimum Gasteiger partial charge on any atom is -0.469 e. The highest BCUT2D eigenvalue weighted by atomic mass is 16.5. The third kappa shape index (κ3) is 3.77. The standard InChI is InChI=1S/C17H21N3O3/c1-11(17(22)23-4)15(13-8-6-5-7-9-13)18-16(21)14-10-20(3)19-12(14)2/h5-11,15H,1-4H3,(H,18,21)/t11-,15-/m1/s1. The van der Waals surface area contributed by atoms with Crippen molar-refractivity contribution in [2.24, 2.45) is 13.0 Å². The number of benzene rings is 1. The fraction of sp³-hybridized carbons (Fsp3) is 0.353. The molecule has 2 aromatic rings. The summed E-state index contributed by atoms with van der Waals surface area (Å²) >= 11 is 0. The van der Waals surface area contributed by atoms with Crippen LogP contribution in [0.2, 0.25) is 0 Å². The number of aryl methyl sites for hydroxylation is 2. The van der Waals surface area contributed by atoms with Gasteiger partial charge in [-0.2, -0.15) is 5.10 Å². The molecule has 6 nitrogen and oxygen atoms in total. The highest BCUT2D eigenvalue weighted by molar-refractivity contribution is 5.95. The van der Waals surface area contributed by atoms with Gasteiger partial charge in [0.2, 0.25) is 0 Å². The van der Waals surface area contributed by atoms with Crippen molar-refractivity contribution in [3.63, 3.8) is 0 Å². The van der Waals surface area contributed by atoms with Crippen molar-refractivity contribution in [1.82, 2.24) is 15.1 Å². The van der Waals surface area contributed by atoms with Gasteiger partial charge in [0.1, 0.15) is 0 Å². The predicted molar refractivity (Wildman–Crippen MR) is 85.8 cm³/mol. The van der Waals surface area contributed by atoms with E-state index in [0.717, 1.165) is 5.56 Å². The lowest BCUT2D eigenvalue weighted by molar-refractivity contribution is -0.145. The maximum absolute atomic E-state index is 12.6. The maximum Gasteiger partial charge on any atom is 0.310 e. The maximum atomic E-state index is 12.6. The van der Waals surface area contributed by atoms with Crippen LogP contribution >= 0.6 is 0 Å². The number of amides is 1. The molecule has 1 N–H and O–H groups in total. The van der Waals surface area contributed by atoms with Crippen LogP contribution in [0.4, 0.5) is 0 Å². The molecule has 0 fully saturated rings. The van der Waals surface area contributed by atoms with Crippen molar-refractivity contribution in [2.75, 3.05) is 7.11 Å². The highest BCUT2D eigenvalue weighted by Crippen LogP contribution is 2.23. The highest BCUT2D eigenvalue weighted by Gasteiger charge is 2.28. The van der Waals surface area contributed by atoms with Gasteiger partial charge in [-0.15, -0.1) is 0 Å². The van der Waals surface area contributed by atoms with E-state index in [-0.39, 0.29) is 11.9 Å². The molecule has 0 spiro atoms. The van der Waals surface area contributed by atoms with Gasteiger partial charge in [0.05, 0.1) is 30.3 Å². The van der Waals surface area contributed by atoms with Crippen LogP contribution < -0.4 is 5.32 Å². The summed E-state index contributed by atoms with van der Waals surface area (Å²) in [6.45, 7) is 3.51. The van der Waals surface area contributed by atoms with Crippen LogP contribution in [0, 0.1) is 12.8 Å². The van der Waals surface area contributed by atoms with Crippen LogP contribution in [-0.4, -0.2) is 28.8 Å². The fourth-order valence-electron chi connectivity index (χ4n) is 2.52. The number of hydrogen-bond donors (Lipinski definition) is 1. The summed E-state index contributed by atoms with van der Waals surface area (Å²) in [5.41, 5.74) is 1.98. The Morgan fingerprint density at radius 2 is 1.91 bits per heavy atom. The number of esters is 1. The molecule has 0 saturated heterocycles. The third-order valence-corrected chi connectivity index (χ3v) is 3.78. The molecule has 1 aromatic carbocycles. The lowest BCUT2D eigenvalue weighted by atomic mass is 9.94. The summed E-state index contributed by atoms with van der Waals surface area (Å²) in [5.74, 6) is -1.15. The second-order valence-electron chi connectivity index (χ2n) is 5.48. The van der Waals surface area contributed by atoms with E-state index >= 15 is 0 Å². The van der Waals surface area contributed by atoms with E-state index in [1.54, 1.807) is 31.8 Å². The van der Waals surface area contributed by atoms with Crippen molar-refractivity contribution in [1.29, 1.82) is 0 Å². The van der Waals surface area contributed by atoms with Gasteiger partial charge in [0, 0.05) is 13.2 Å². The minimum absolute atomic E-state index is 0.264. The van der Waals surface area contributed by atoms with Crippen LogP contribution in [0.15, 0.2) is 36.5 Å². The Kier molecular flexibility index (Phi) is 5.16. The Morgan fingerprint density at radius 3 is 2.43 bits per heavy atom. The van der Waals surface area contributed by atoms with Gasteiger partial charge in [-0.1, -0.05) is 30.3 Å². The Labute approximate surface area is 135 Å². The normalized spacial score (nSPS) is 13.2. The lowest BCUT2D eigenvalue weighted by Crippen LogP contribution is -2.36. The summed E-state index contributed by atoms with van der Waals surface area (Å²) in [7, 11) is 3.10. The van der Waals surface area contributed by atoms with E-state index in [4.69, 9.17) is 4.74 Å². The molecule has 0 bridgehead atoms. The van der Waals surface area contributed by atoms with Crippen molar-refractivity contribution in [2.45, 2.75) is 19.9 Å². The van der Waals surface area contributed by atoms with Crippen LogP contribution in [0.5, 0.6) is 0 Å². The monoisotopic (exact) mass is 315 g/mol. The van der Waals surface area contributed by atoms with Crippen LogP contribution in [0.25, 0.3) is 0 Å². The SMILES string of the molecule is COC(=O)[C@H](C)[C@@H](NC(=O)c1cn(C)nc1C)c1ccccc1. The second kappa shape index (κ2) is 7.09. The van der Waals surface area contributed by atoms with Crippen LogP contribution in [-0.2, 0) is 16.6 Å². The van der Waals surface area contributed by atoms with Gasteiger partial charge in [-0.3, -0.25) is 14.3 Å². The number of rotatable bonds is 5. The molecule has 1 heterocycles. The summed E-state index contributed by atoms with van der Waals surface area (Å²) in [5, 5.41) is 7.10. The van der Waals surface area contributed by atoms with Gasteiger partial charge in [0.25, 0.3) is 5.91 Å². The molecule has 6 heteroatoms. The summed E-state index contributed by atoms with van der Waals surface area (Å²) < 4.78 is 6.41. The molecule has 122 valence electrons. The Hall–Kier alpha value is -2.63. The zero-order valence-corrected chi connectivity index (χ0v) is 13.7. The van der Waals surface area contributed by atoms with E-state index in [9.17, 15) is 9.59 Å². The molecule has 0 saturated carbocycles. The number of carbonyl (C=O) groups is 2. The largest absolute Gasteiger partial charge is 0.469 e. The van der Waals surface area contributed by atoms with Crippen LogP contribution in [0.3, 0.4) is 0 Å². The van der Waals surface area contributed by atoms with E-state index in [0.29, 0.717) is 11.3 Å². The first-order valence-electron chi connectivity index (χ1n) is 7.38. The molecule has 1 aromatic heterocycles. The zero-order valence-electron chi connectivity index (χ0n) is 13.7. The van der Waals surface area contributed by atoms with Gasteiger partial charge in [-0.05, 0) is 19.4 Å². The Bertz CT molecular complexity index is 694. The number of nitrogens with one attached hydrogen (secondary N) is 1. The van der Waals surface area contributed by atoms with Crippen molar-refractivity contribution < 1.29 is 14.3 Å². The first-order chi connectivity index (χ1) is 10.9. The third-order valence-electron chi connectivity index (χ3n) is 3.78. The minimum atomic E-state index is -0.511. The summed E-state index contributed by atoms with van der Waals surface area (Å²) in [6.07, 6.45) is 1.66. The van der Waals surface area contributed by atoms with Crippen molar-refractivity contribution >= 4 is 11.9 Å². The quantitative estimate of drug-likeness (QED) is 0.857. The smallest absolute Gasteiger partial charge is 0.310 e. The molecule has 1 amide bonds. The lowest BCUT2D eigenvalue weighted by Gasteiger charge is -2.24. The molecular formula is C17H21N3O3. The molecule has 0 aliphatic rings. The van der Waals surface area contributed by atoms with Gasteiger partial charge < -0.3 is 10.1 Å². The van der Waals surface area contributed by atoms with Gasteiger partial charge in [0.15, 0.2) is 0 Å². The average molecular weight is 315 g/mol. The number of ether oxygens (including phenoxy) is 1. The summed E-state index contributed by atoms with van der Waals surface area (Å²) in [4.78, 5) is 24.5. The molecule has 0 unspecified atom stereocenters. The summed E-state index contributed by atoms with van der Waals surface area (Å²) in [6, 6.07) is 8.90. The molecule has 23 heavy (non-hydrogen) atoms. The van der Waals surface area contributed by atoms with Gasteiger partial charge in [-0.25, -0.2) is 0 Å². The van der Waals surface area contributed by atoms with E-state index in [1.165, 1.54) is 7.11 Å². The number of methoxy groups -OCH3 is 1. The molecule has 0 radical (unpaired) electrons. The van der Waals surface area contributed by atoms with E-state index in [1.807, 2.05) is 30.3 Å². The topological polar surface area (TPSA) is 73.2 Å². The first-order valence-corrected chi connectivity index (χ1v) is 7.38. The molecule has 0 aliphatic carbocycles. The average Bonchev–Trinajstić information content (AvgIpc) is 2.90. The number of aromatic nitrogens is 2. The van der Waals surface area contributed by atoms with Crippen molar-refractivity contribution in [3.8, 4) is 0 Å². The predicted octanol–water partition coefficient (Wildman–Crippen LogP) is 2.01. The Morgan fingerprint density at radius 1 is 1.26 bits per heavy atom. The second-order valence-corrected chi connectivity index (χ2v) is 5.48. The zero-order chi connectivity index (χ0) is 17.0. The number of hydrogen-bond acceptors (Lipinski definition) is 4. The van der Waals surface area contributed by atoms with E-state index in [2.05, 4.69) is 10.4 Å². The van der Waals surface area contributed by atoms with Crippen molar-refractivity contribution in [3.05, 3.63) is 53.3 Å². The van der Waals surface area contributed by atoms with Crippen LogP contribution in [0.1, 0.15) is 34.6 Å². The molecule has 2 atom stereocenters. The molecule has 2 rings (SSSR count). The number of nitrogens with zero attached hydrogens (tertiary/aromatic N) is 2. The molecular weight excluding hydrogens is 294 g/mol. The van der Waals surface area contributed by atoms with E-state index < -0.39 is 12.0 Å². The number of carbonyl (C=O) groups excluding carboxylic acids is 2. The Balaban J connectivity index is 2.29. The fourth-order valence-corrected chi connectivity index (χ4v) is 2.52. The first kappa shape index (κ1) is 16.7.